The third-order valence-electron chi connectivity index (χ3n) is 0. The highest BCUT2D eigenvalue weighted by molar-refractivity contribution is 6.55. The molecule has 0 spiro atoms. The Morgan fingerprint density at radius 2 is 1.40 bits per heavy atom. The van der Waals surface area contributed by atoms with Gasteiger partial charge in [-0.15, -0.1) is 0 Å². The van der Waals surface area contributed by atoms with E-state index in [4.69, 9.17) is 23.2 Å². The SMILES string of the molecule is C=C(Cl)Cl.F. The molecule has 32 valence electrons. The summed E-state index contributed by atoms with van der Waals surface area (Å²) in [6.45, 7) is 3.09. The Morgan fingerprint density at radius 3 is 1.40 bits per heavy atom. The minimum atomic E-state index is 0. The van der Waals surface area contributed by atoms with Crippen LogP contribution in [-0.2, 0) is 0 Å². The zero-order valence-corrected chi connectivity index (χ0v) is 3.88. The predicted molar refractivity (Wildman–Crippen MR) is 23.3 cm³/mol. The van der Waals surface area contributed by atoms with Crippen molar-refractivity contribution in [3.8, 4) is 0 Å². The summed E-state index contributed by atoms with van der Waals surface area (Å²) in [4.78, 5) is 0. The standard InChI is InChI=1S/C2H2Cl2.FH/c1-2(3)4;/h1H2;1H. The summed E-state index contributed by atoms with van der Waals surface area (Å²) < 4.78 is 0.111. The van der Waals surface area contributed by atoms with Crippen molar-refractivity contribution in [1.29, 1.82) is 0 Å². The molecule has 0 bridgehead atoms. The third-order valence-corrected chi connectivity index (χ3v) is 0. The molecule has 0 rings (SSSR count). The monoisotopic (exact) mass is 116 g/mol. The van der Waals surface area contributed by atoms with Gasteiger partial charge < -0.3 is 0 Å². The molecule has 0 nitrogen and oxygen atoms in total. The van der Waals surface area contributed by atoms with Gasteiger partial charge >= 0.3 is 0 Å². The van der Waals surface area contributed by atoms with E-state index in [1.54, 1.807) is 0 Å². The van der Waals surface area contributed by atoms with E-state index in [0.29, 0.717) is 0 Å². The van der Waals surface area contributed by atoms with E-state index in [1.165, 1.54) is 0 Å². The van der Waals surface area contributed by atoms with Gasteiger partial charge in [0.2, 0.25) is 0 Å². The van der Waals surface area contributed by atoms with E-state index in [2.05, 4.69) is 6.58 Å². The van der Waals surface area contributed by atoms with Crippen LogP contribution in [0.15, 0.2) is 11.1 Å². The molecule has 0 aliphatic heterocycles. The third kappa shape index (κ3) is 344. The van der Waals surface area contributed by atoms with Gasteiger partial charge in [0.1, 0.15) is 0 Å². The largest absolute Gasteiger partial charge is 0.269 e. The molecule has 0 fully saturated rings. The van der Waals surface area contributed by atoms with E-state index in [0.717, 1.165) is 0 Å². The van der Waals surface area contributed by atoms with Crippen LogP contribution in [0.2, 0.25) is 0 Å². The van der Waals surface area contributed by atoms with Crippen LogP contribution in [0.1, 0.15) is 0 Å². The van der Waals surface area contributed by atoms with Crippen molar-refractivity contribution >= 4 is 23.2 Å². The predicted octanol–water partition coefficient (Wildman–Crippen LogP) is 2.09. The van der Waals surface area contributed by atoms with Gasteiger partial charge in [0.25, 0.3) is 0 Å². The molecule has 0 saturated heterocycles. The van der Waals surface area contributed by atoms with Gasteiger partial charge in [-0.25, -0.2) is 0 Å². The van der Waals surface area contributed by atoms with Gasteiger partial charge in [-0.3, -0.25) is 4.70 Å². The smallest absolute Gasteiger partial charge is 0.0992 e. The first-order valence-corrected chi connectivity index (χ1v) is 1.49. The maximum Gasteiger partial charge on any atom is 0.0992 e. The van der Waals surface area contributed by atoms with E-state index < -0.39 is 0 Å². The molecule has 0 unspecified atom stereocenters. The van der Waals surface area contributed by atoms with Crippen molar-refractivity contribution in [3.63, 3.8) is 0 Å². The first kappa shape index (κ1) is 8.98. The fraction of sp³-hybridized carbons (Fsp3) is 0. The number of hydrogen-bond donors (Lipinski definition) is 0. The molecule has 0 saturated carbocycles. The molecular formula is C2H3Cl2F. The normalized spacial score (nSPS) is 5.20. The number of hydrogen-bond acceptors (Lipinski definition) is 0. The molecule has 0 heterocycles. The van der Waals surface area contributed by atoms with Crippen molar-refractivity contribution in [3.05, 3.63) is 11.1 Å². The Balaban J connectivity index is 0. The van der Waals surface area contributed by atoms with Crippen LogP contribution in [0.4, 0.5) is 4.70 Å². The molecule has 0 aromatic carbocycles. The summed E-state index contributed by atoms with van der Waals surface area (Å²) in [5.41, 5.74) is 0. The maximum absolute atomic E-state index is 4.85. The minimum absolute atomic E-state index is 0. The maximum atomic E-state index is 4.85. The second kappa shape index (κ2) is 4.25. The zero-order chi connectivity index (χ0) is 3.58. The topological polar surface area (TPSA) is 0 Å². The van der Waals surface area contributed by atoms with Crippen molar-refractivity contribution in [1.82, 2.24) is 0 Å². The van der Waals surface area contributed by atoms with E-state index >= 15 is 0 Å². The van der Waals surface area contributed by atoms with Crippen LogP contribution in [0.5, 0.6) is 0 Å². The quantitative estimate of drug-likeness (QED) is 0.455. The molecule has 0 aliphatic carbocycles. The van der Waals surface area contributed by atoms with Gasteiger partial charge in [0.05, 0.1) is 4.49 Å². The lowest BCUT2D eigenvalue weighted by Gasteiger charge is -1.57. The number of halogens is 3. The van der Waals surface area contributed by atoms with Crippen molar-refractivity contribution in [2.24, 2.45) is 0 Å². The average Bonchev–Trinajstić information content (AvgIpc) is 0.811. The molecule has 0 amide bonds. The molecule has 0 atom stereocenters. The fourth-order valence-electron chi connectivity index (χ4n) is 0. The van der Waals surface area contributed by atoms with Crippen LogP contribution < -0.4 is 0 Å². The van der Waals surface area contributed by atoms with Crippen molar-refractivity contribution in [2.75, 3.05) is 0 Å². The van der Waals surface area contributed by atoms with Gasteiger partial charge in [0.15, 0.2) is 0 Å². The fourth-order valence-corrected chi connectivity index (χ4v) is 0. The van der Waals surface area contributed by atoms with Gasteiger partial charge in [0, 0.05) is 0 Å². The van der Waals surface area contributed by atoms with Crippen LogP contribution >= 0.6 is 23.2 Å². The lowest BCUT2D eigenvalue weighted by atomic mass is 11.3. The van der Waals surface area contributed by atoms with Crippen LogP contribution in [-0.4, -0.2) is 0 Å². The lowest BCUT2D eigenvalue weighted by Crippen LogP contribution is -1.24. The second-order valence-corrected chi connectivity index (χ2v) is 1.44. The lowest BCUT2D eigenvalue weighted by molar-refractivity contribution is 1.11. The molecule has 0 aromatic rings. The molecule has 0 radical (unpaired) electrons. The first-order chi connectivity index (χ1) is 1.73. The van der Waals surface area contributed by atoms with Gasteiger partial charge in [-0.2, -0.15) is 0 Å². The van der Waals surface area contributed by atoms with E-state index in [-0.39, 0.29) is 9.20 Å². The van der Waals surface area contributed by atoms with Crippen LogP contribution in [0.25, 0.3) is 0 Å². The second-order valence-electron chi connectivity index (χ2n) is 0.339. The zero-order valence-electron chi connectivity index (χ0n) is 2.37. The summed E-state index contributed by atoms with van der Waals surface area (Å²) in [5.74, 6) is 0. The summed E-state index contributed by atoms with van der Waals surface area (Å²) in [6.07, 6.45) is 0. The summed E-state index contributed by atoms with van der Waals surface area (Å²) in [7, 11) is 0. The summed E-state index contributed by atoms with van der Waals surface area (Å²) >= 11 is 9.69. The Labute approximate surface area is 39.7 Å². The first-order valence-electron chi connectivity index (χ1n) is 0.732. The molecule has 0 aromatic heterocycles. The van der Waals surface area contributed by atoms with Crippen LogP contribution in [0.3, 0.4) is 0 Å². The summed E-state index contributed by atoms with van der Waals surface area (Å²) in [6, 6.07) is 0. The van der Waals surface area contributed by atoms with Crippen molar-refractivity contribution < 1.29 is 4.70 Å². The average molecular weight is 117 g/mol. The molecule has 0 N–H and O–H groups in total. The number of rotatable bonds is 0. The molecule has 5 heavy (non-hydrogen) atoms. The van der Waals surface area contributed by atoms with Gasteiger partial charge in [-0.05, 0) is 0 Å². The highest BCUT2D eigenvalue weighted by Crippen LogP contribution is 1.98. The minimum Gasteiger partial charge on any atom is -0.269 e. The molecular weight excluding hydrogens is 114 g/mol. The van der Waals surface area contributed by atoms with Crippen molar-refractivity contribution in [2.45, 2.75) is 0 Å². The Hall–Kier alpha value is 0.250. The molecule has 0 aliphatic rings. The Morgan fingerprint density at radius 1 is 1.40 bits per heavy atom. The van der Waals surface area contributed by atoms with E-state index in [9.17, 15) is 0 Å². The van der Waals surface area contributed by atoms with Gasteiger partial charge in [-0.1, -0.05) is 29.8 Å². The summed E-state index contributed by atoms with van der Waals surface area (Å²) in [5, 5.41) is 0. The van der Waals surface area contributed by atoms with E-state index in [1.807, 2.05) is 0 Å². The highest BCUT2D eigenvalue weighted by atomic mass is 35.5. The Bertz CT molecular complexity index is 30.6. The Kier molecular flexibility index (Phi) is 7.63. The molecule has 3 heteroatoms. The highest BCUT2D eigenvalue weighted by Gasteiger charge is 1.60. The van der Waals surface area contributed by atoms with Crippen LogP contribution in [0, 0.1) is 0 Å².